The van der Waals surface area contributed by atoms with Crippen LogP contribution >= 0.6 is 0 Å². The van der Waals surface area contributed by atoms with Crippen LogP contribution in [0.2, 0.25) is 0 Å². The molecule has 0 aliphatic carbocycles. The van der Waals surface area contributed by atoms with Crippen LogP contribution in [0.25, 0.3) is 66.1 Å². The quantitative estimate of drug-likeness (QED) is 0.165. The van der Waals surface area contributed by atoms with Gasteiger partial charge < -0.3 is 4.90 Å². The molecule has 0 saturated heterocycles. The molecule has 51 heavy (non-hydrogen) atoms. The van der Waals surface area contributed by atoms with Gasteiger partial charge in [-0.15, -0.1) is 0 Å². The largest absolute Gasteiger partial charge is 0.311 e. The fourth-order valence-electron chi connectivity index (χ4n) is 6.67. The molecule has 0 unspecified atom stereocenters. The lowest BCUT2D eigenvalue weighted by Crippen LogP contribution is -2.09. The zero-order chi connectivity index (χ0) is 40.9. The minimum atomic E-state index is -0.386. The fourth-order valence-corrected chi connectivity index (χ4v) is 6.67. The second-order valence-electron chi connectivity index (χ2n) is 12.3. The Labute approximate surface area is 310 Å². The van der Waals surface area contributed by atoms with Crippen LogP contribution in [0.1, 0.15) is 11.0 Å². The van der Waals surface area contributed by atoms with E-state index in [1.165, 1.54) is 4.90 Å². The second kappa shape index (κ2) is 13.3. The summed E-state index contributed by atoms with van der Waals surface area (Å²) in [6, 6.07) is 48.9. The standard InChI is InChI=1S/C50H35N/c1-2-11-36(12-3-1)42-17-8-18-43(35-42)37-23-29-44(30-24-37)51(45-31-25-40(26-32-45)49-21-9-15-38-13-4-6-19-47(38)49)46-33-27-41(28-34-46)50-22-10-16-39-14-5-7-20-48(39)50/h1-35H/i25D,26D,27D,28D,31D,32D,33D,34D. The van der Waals surface area contributed by atoms with Gasteiger partial charge in [0.1, 0.15) is 0 Å². The van der Waals surface area contributed by atoms with Crippen LogP contribution in [0.3, 0.4) is 0 Å². The van der Waals surface area contributed by atoms with Crippen molar-refractivity contribution in [1.82, 2.24) is 0 Å². The summed E-state index contributed by atoms with van der Waals surface area (Å²) in [5.41, 5.74) is 5.21. The third-order valence-electron chi connectivity index (χ3n) is 9.22. The first-order valence-electron chi connectivity index (χ1n) is 20.9. The highest BCUT2D eigenvalue weighted by Gasteiger charge is 2.15. The van der Waals surface area contributed by atoms with Crippen molar-refractivity contribution in [2.75, 3.05) is 4.90 Å². The van der Waals surface area contributed by atoms with Crippen LogP contribution in [-0.4, -0.2) is 0 Å². The fraction of sp³-hybridized carbons (Fsp3) is 0. The number of benzene rings is 9. The van der Waals surface area contributed by atoms with Crippen molar-refractivity contribution in [1.29, 1.82) is 0 Å². The van der Waals surface area contributed by atoms with Gasteiger partial charge in [0.15, 0.2) is 0 Å². The number of hydrogen-bond donors (Lipinski definition) is 0. The van der Waals surface area contributed by atoms with Gasteiger partial charge in [0.2, 0.25) is 0 Å². The SMILES string of the molecule is [2H]c1c([2H])c(N(c2ccc(-c3cccc(-c4ccccc4)c3)cc2)c2c([2H])c([2H])c(-c3cccc4ccccc34)c([2H])c2[2H])c([2H])c([2H])c1-c1cccc2ccccc12. The molecule has 0 heterocycles. The summed E-state index contributed by atoms with van der Waals surface area (Å²) in [6.45, 7) is 0. The zero-order valence-corrected chi connectivity index (χ0v) is 27.5. The molecule has 9 aromatic rings. The van der Waals surface area contributed by atoms with Crippen LogP contribution in [0.4, 0.5) is 17.1 Å². The van der Waals surface area contributed by atoms with E-state index >= 15 is 0 Å². The molecule has 0 aliphatic rings. The Kier molecular flexibility index (Phi) is 5.96. The molecule has 0 atom stereocenters. The smallest absolute Gasteiger partial charge is 0.0645 e. The van der Waals surface area contributed by atoms with Crippen molar-refractivity contribution in [3.8, 4) is 44.5 Å². The summed E-state index contributed by atoms with van der Waals surface area (Å²) in [7, 11) is 0. The molecule has 240 valence electrons. The van der Waals surface area contributed by atoms with Crippen molar-refractivity contribution in [3.05, 3.63) is 212 Å². The lowest BCUT2D eigenvalue weighted by molar-refractivity contribution is 1.28. The summed E-state index contributed by atoms with van der Waals surface area (Å²) in [4.78, 5) is 1.35. The summed E-state index contributed by atoms with van der Waals surface area (Å²) >= 11 is 0. The Hall–Kier alpha value is -6.70. The highest BCUT2D eigenvalue weighted by Crippen LogP contribution is 2.39. The van der Waals surface area contributed by atoms with Gasteiger partial charge >= 0.3 is 0 Å². The molecule has 0 aliphatic heterocycles. The van der Waals surface area contributed by atoms with E-state index in [1.54, 1.807) is 24.3 Å². The van der Waals surface area contributed by atoms with Gasteiger partial charge in [0, 0.05) is 17.1 Å². The van der Waals surface area contributed by atoms with Crippen molar-refractivity contribution >= 4 is 38.6 Å². The van der Waals surface area contributed by atoms with Crippen molar-refractivity contribution in [3.63, 3.8) is 0 Å². The van der Waals surface area contributed by atoms with Crippen molar-refractivity contribution in [2.24, 2.45) is 0 Å². The van der Waals surface area contributed by atoms with E-state index in [1.807, 2.05) is 133 Å². The summed E-state index contributed by atoms with van der Waals surface area (Å²) in [6.07, 6.45) is 0. The van der Waals surface area contributed by atoms with E-state index in [2.05, 4.69) is 6.07 Å². The third kappa shape index (κ3) is 5.96. The molecule has 0 saturated carbocycles. The van der Waals surface area contributed by atoms with Gasteiger partial charge in [-0.1, -0.05) is 170 Å². The molecule has 0 N–H and O–H groups in total. The molecule has 9 rings (SSSR count). The molecule has 0 amide bonds. The van der Waals surface area contributed by atoms with Crippen LogP contribution in [0.15, 0.2) is 212 Å². The maximum absolute atomic E-state index is 9.51. The van der Waals surface area contributed by atoms with Crippen LogP contribution < -0.4 is 4.90 Å². The Morgan fingerprint density at radius 3 is 1.24 bits per heavy atom. The zero-order valence-electron chi connectivity index (χ0n) is 35.5. The lowest BCUT2D eigenvalue weighted by Gasteiger charge is -2.26. The molecule has 1 heteroatoms. The number of rotatable bonds is 7. The minimum Gasteiger partial charge on any atom is -0.311 e. The molecule has 0 fully saturated rings. The van der Waals surface area contributed by atoms with Gasteiger partial charge in [0.25, 0.3) is 0 Å². The highest BCUT2D eigenvalue weighted by molar-refractivity contribution is 5.98. The van der Waals surface area contributed by atoms with E-state index in [0.717, 1.165) is 43.8 Å². The number of anilines is 3. The topological polar surface area (TPSA) is 3.24 Å². The highest BCUT2D eigenvalue weighted by atomic mass is 15.1. The Morgan fingerprint density at radius 1 is 0.294 bits per heavy atom. The maximum Gasteiger partial charge on any atom is 0.0645 e. The Balaban J connectivity index is 1.27. The average Bonchev–Trinajstić information content (AvgIpc) is 3.28. The molecular formula is C50H35N. The lowest BCUT2D eigenvalue weighted by atomic mass is 9.97. The summed E-state index contributed by atoms with van der Waals surface area (Å²) in [5, 5.41) is 3.32. The summed E-state index contributed by atoms with van der Waals surface area (Å²) < 4.78 is 75.5. The van der Waals surface area contributed by atoms with E-state index < -0.39 is 0 Å². The van der Waals surface area contributed by atoms with Crippen LogP contribution in [0, 0.1) is 0 Å². The monoisotopic (exact) mass is 657 g/mol. The van der Waals surface area contributed by atoms with E-state index in [9.17, 15) is 11.0 Å². The molecule has 9 aromatic carbocycles. The molecule has 0 bridgehead atoms. The van der Waals surface area contributed by atoms with Crippen LogP contribution in [-0.2, 0) is 0 Å². The van der Waals surface area contributed by atoms with Gasteiger partial charge in [-0.3, -0.25) is 0 Å². The molecular weight excluding hydrogens is 615 g/mol. The second-order valence-corrected chi connectivity index (χ2v) is 12.3. The molecule has 0 aromatic heterocycles. The van der Waals surface area contributed by atoms with E-state index in [0.29, 0.717) is 16.8 Å². The van der Waals surface area contributed by atoms with Gasteiger partial charge in [-0.25, -0.2) is 0 Å². The Morgan fingerprint density at radius 2 is 0.706 bits per heavy atom. The van der Waals surface area contributed by atoms with E-state index in [4.69, 9.17) is 0 Å². The number of fused-ring (bicyclic) bond motifs is 2. The van der Waals surface area contributed by atoms with Gasteiger partial charge in [0.05, 0.1) is 11.0 Å². The predicted octanol–water partition coefficient (Wildman–Crippen LogP) is 14.1. The van der Waals surface area contributed by atoms with Crippen LogP contribution in [0.5, 0.6) is 0 Å². The molecule has 1 nitrogen and oxygen atoms in total. The van der Waals surface area contributed by atoms with Gasteiger partial charge in [-0.2, -0.15) is 0 Å². The van der Waals surface area contributed by atoms with Gasteiger partial charge in [-0.05, 0) is 108 Å². The van der Waals surface area contributed by atoms with Crippen molar-refractivity contribution < 1.29 is 11.0 Å². The maximum atomic E-state index is 9.51. The number of hydrogen-bond acceptors (Lipinski definition) is 1. The first kappa shape index (κ1) is 22.8. The Bertz CT molecular complexity index is 2880. The minimum absolute atomic E-state index is 0.125. The predicted molar refractivity (Wildman–Crippen MR) is 218 cm³/mol. The third-order valence-corrected chi connectivity index (χ3v) is 9.22. The molecule has 0 spiro atoms. The first-order chi connectivity index (χ1) is 28.6. The summed E-state index contributed by atoms with van der Waals surface area (Å²) in [5.74, 6) is 0. The number of nitrogens with zero attached hydrogens (tertiary/aromatic N) is 1. The van der Waals surface area contributed by atoms with E-state index in [-0.39, 0.29) is 70.8 Å². The molecule has 0 radical (unpaired) electrons. The van der Waals surface area contributed by atoms with Crippen molar-refractivity contribution in [2.45, 2.75) is 0 Å². The average molecular weight is 658 g/mol. The first-order valence-corrected chi connectivity index (χ1v) is 16.9. The normalized spacial score (nSPS) is 13.3.